The molecule has 2 aliphatic rings. The molecule has 50 heavy (non-hydrogen) atoms. The third-order valence-corrected chi connectivity index (χ3v) is 8.95. The zero-order valence-corrected chi connectivity index (χ0v) is 28.3. The third kappa shape index (κ3) is 8.28. The summed E-state index contributed by atoms with van der Waals surface area (Å²) in [6.07, 6.45) is 1.26. The van der Waals surface area contributed by atoms with Gasteiger partial charge in [0.2, 0.25) is 5.82 Å². The Morgan fingerprint density at radius 1 is 1.02 bits per heavy atom. The number of carbonyl (C=O) groups is 5. The van der Waals surface area contributed by atoms with Crippen molar-refractivity contribution in [3.05, 3.63) is 64.6 Å². The number of rotatable bonds is 7. The molecule has 4 amide bonds. The Labute approximate surface area is 290 Å². The number of nitrogens with zero attached hydrogens (tertiary/aromatic N) is 6. The summed E-state index contributed by atoms with van der Waals surface area (Å²) in [5, 5.41) is 20.2. The number of hydrogen-bond acceptors (Lipinski definition) is 8. The Hall–Kier alpha value is -5.29. The smallest absolute Gasteiger partial charge is 0.359 e. The summed E-state index contributed by atoms with van der Waals surface area (Å²) in [6, 6.07) is 6.93. The first kappa shape index (κ1) is 37.5. The van der Waals surface area contributed by atoms with E-state index in [1.807, 2.05) is 7.05 Å². The molecule has 2 aromatic carbocycles. The van der Waals surface area contributed by atoms with Crippen molar-refractivity contribution in [2.75, 3.05) is 78.4 Å². The second kappa shape index (κ2) is 15.9. The molecule has 0 radical (unpaired) electrons. The fourth-order valence-corrected chi connectivity index (χ4v) is 6.07. The van der Waals surface area contributed by atoms with E-state index in [0.717, 1.165) is 0 Å². The molecule has 15 nitrogen and oxygen atoms in total. The van der Waals surface area contributed by atoms with Crippen LogP contribution in [0.25, 0.3) is 11.3 Å². The Kier molecular flexibility index (Phi) is 12.0. The van der Waals surface area contributed by atoms with E-state index in [1.165, 1.54) is 55.3 Å². The number of carboxylic acid groups (broad SMARTS) is 2. The largest absolute Gasteiger partial charge is 0.554 e. The predicted octanol–water partition coefficient (Wildman–Crippen LogP) is 1.37. The lowest BCUT2D eigenvalue weighted by Gasteiger charge is -2.43. The predicted molar refractivity (Wildman–Crippen MR) is 173 cm³/mol. The van der Waals surface area contributed by atoms with Gasteiger partial charge in [0, 0.05) is 50.9 Å². The number of aliphatic carboxylic acids is 1. The van der Waals surface area contributed by atoms with Crippen LogP contribution in [-0.4, -0.2) is 137 Å². The number of piperazine rings is 2. The van der Waals surface area contributed by atoms with Gasteiger partial charge in [-0.3, -0.25) is 9.59 Å². The Morgan fingerprint density at radius 2 is 1.62 bits per heavy atom. The molecule has 2 saturated heterocycles. The number of halogens is 3. The highest BCUT2D eigenvalue weighted by atomic mass is 35.5. The molecule has 0 aliphatic carbocycles. The topological polar surface area (TPSA) is 177 Å². The average molecular weight is 720 g/mol. The number of hydrogen-bond donors (Lipinski definition) is 2. The lowest BCUT2D eigenvalue weighted by Crippen LogP contribution is -2.62. The standard InChI is InChI=1S/C31H34ClF2N7O6.CH2O2/c1-37-23(21-6-7-24(47-3)27(34)26(21)33)17-35-28(37)29(44)36-19-4-5-20(22(32)16-19)30(45)38-8-10-39(11-9-38)31(46)40-12-14-41(2,15-13-40)18-25(42)43;2-1-3/h4-7,16-17H,8-15,18H2,1-3H3,(H-,36,42,43,44,45);1H,(H,2,3). The SMILES string of the molecule is COc1ccc(-c2cnc(C(=O)Nc3ccc(C(=O)N4CCN(C(=O)N5CC[N+](C)(CC(=O)O)CC5)CC4)c(Cl)c3)n2C)c(F)c1F.O=C[O-]. The zero-order valence-electron chi connectivity index (χ0n) is 27.5. The molecule has 18 heteroatoms. The lowest BCUT2D eigenvalue weighted by molar-refractivity contribution is -0.906. The van der Waals surface area contributed by atoms with Gasteiger partial charge in [0.25, 0.3) is 11.8 Å². The van der Waals surface area contributed by atoms with Crippen molar-refractivity contribution in [1.29, 1.82) is 0 Å². The van der Waals surface area contributed by atoms with E-state index >= 15 is 0 Å². The van der Waals surface area contributed by atoms with Crippen LogP contribution in [-0.2, 0) is 16.6 Å². The van der Waals surface area contributed by atoms with E-state index in [4.69, 9.17) is 31.3 Å². The summed E-state index contributed by atoms with van der Waals surface area (Å²) in [4.78, 5) is 67.9. The fourth-order valence-electron chi connectivity index (χ4n) is 5.81. The zero-order chi connectivity index (χ0) is 36.7. The minimum atomic E-state index is -1.16. The first-order valence-electron chi connectivity index (χ1n) is 15.3. The van der Waals surface area contributed by atoms with Crippen LogP contribution in [0.5, 0.6) is 5.75 Å². The molecule has 5 rings (SSSR count). The van der Waals surface area contributed by atoms with Gasteiger partial charge in [0.15, 0.2) is 23.9 Å². The van der Waals surface area contributed by atoms with Gasteiger partial charge in [-0.1, -0.05) is 11.6 Å². The van der Waals surface area contributed by atoms with Gasteiger partial charge in [0.1, 0.15) is 0 Å². The number of likely N-dealkylation sites (N-methyl/N-ethyl adjacent to an activating group) is 1. The second-order valence-electron chi connectivity index (χ2n) is 11.9. The number of methoxy groups -OCH3 is 1. The van der Waals surface area contributed by atoms with E-state index in [1.54, 1.807) is 14.7 Å². The summed E-state index contributed by atoms with van der Waals surface area (Å²) in [5.41, 5.74) is 0.591. The van der Waals surface area contributed by atoms with Crippen molar-refractivity contribution >= 4 is 47.6 Å². The number of quaternary nitrogens is 1. The van der Waals surface area contributed by atoms with Gasteiger partial charge in [-0.25, -0.2) is 19.0 Å². The maximum absolute atomic E-state index is 14.7. The molecule has 2 aliphatic heterocycles. The second-order valence-corrected chi connectivity index (χ2v) is 12.3. The average Bonchev–Trinajstić information content (AvgIpc) is 3.46. The molecule has 0 saturated carbocycles. The third-order valence-electron chi connectivity index (χ3n) is 8.64. The van der Waals surface area contributed by atoms with Crippen LogP contribution in [0, 0.1) is 11.6 Å². The molecule has 3 aromatic rings. The van der Waals surface area contributed by atoms with Crippen LogP contribution < -0.4 is 15.2 Å². The highest BCUT2D eigenvalue weighted by Crippen LogP contribution is 2.30. The summed E-state index contributed by atoms with van der Waals surface area (Å²) in [7, 11) is 4.59. The normalized spacial score (nSPS) is 15.4. The van der Waals surface area contributed by atoms with Crippen LogP contribution in [0.1, 0.15) is 21.0 Å². The molecule has 0 unspecified atom stereocenters. The molecule has 0 atom stereocenters. The number of carboxylic acids is 1. The minimum absolute atomic E-state index is 0.0145. The van der Waals surface area contributed by atoms with Crippen molar-refractivity contribution in [2.45, 2.75) is 0 Å². The molecule has 268 valence electrons. The van der Waals surface area contributed by atoms with Gasteiger partial charge in [0.05, 0.1) is 62.8 Å². The lowest BCUT2D eigenvalue weighted by atomic mass is 10.1. The summed E-state index contributed by atoms with van der Waals surface area (Å²) >= 11 is 6.46. The van der Waals surface area contributed by atoms with Crippen LogP contribution in [0.3, 0.4) is 0 Å². The number of carbonyl (C=O) groups excluding carboxylic acids is 4. The van der Waals surface area contributed by atoms with Gasteiger partial charge >= 0.3 is 12.0 Å². The number of benzene rings is 2. The van der Waals surface area contributed by atoms with Gasteiger partial charge in [-0.2, -0.15) is 4.39 Å². The molecule has 3 heterocycles. The van der Waals surface area contributed by atoms with Crippen molar-refractivity contribution in [3.63, 3.8) is 0 Å². The van der Waals surface area contributed by atoms with Gasteiger partial charge in [-0.15, -0.1) is 0 Å². The van der Waals surface area contributed by atoms with E-state index in [-0.39, 0.29) is 57.6 Å². The van der Waals surface area contributed by atoms with E-state index < -0.39 is 30.0 Å². The summed E-state index contributed by atoms with van der Waals surface area (Å²) < 4.78 is 35.4. The van der Waals surface area contributed by atoms with Gasteiger partial charge in [-0.05, 0) is 30.3 Å². The number of amides is 4. The Bertz CT molecular complexity index is 1770. The molecule has 2 fully saturated rings. The Morgan fingerprint density at radius 3 is 2.20 bits per heavy atom. The number of aromatic nitrogens is 2. The van der Waals surface area contributed by atoms with Crippen molar-refractivity contribution in [1.82, 2.24) is 24.3 Å². The monoisotopic (exact) mass is 719 g/mol. The van der Waals surface area contributed by atoms with Crippen LogP contribution >= 0.6 is 11.6 Å². The maximum Gasteiger partial charge on any atom is 0.359 e. The summed E-state index contributed by atoms with van der Waals surface area (Å²) in [5.74, 6) is -4.43. The Balaban J connectivity index is 0.00000181. The molecular weight excluding hydrogens is 684 g/mol. The van der Waals surface area contributed by atoms with Crippen LogP contribution in [0.15, 0.2) is 36.5 Å². The van der Waals surface area contributed by atoms with E-state index in [0.29, 0.717) is 56.8 Å². The minimum Gasteiger partial charge on any atom is -0.554 e. The highest BCUT2D eigenvalue weighted by Gasteiger charge is 2.35. The van der Waals surface area contributed by atoms with E-state index in [9.17, 15) is 28.0 Å². The molecular formula is C32H36ClF2N7O8. The van der Waals surface area contributed by atoms with Crippen molar-refractivity contribution in [3.8, 4) is 17.0 Å². The maximum atomic E-state index is 14.7. The number of imidazole rings is 1. The number of nitrogens with one attached hydrogen (secondary N) is 1. The first-order chi connectivity index (χ1) is 23.7. The quantitative estimate of drug-likeness (QED) is 0.270. The number of anilines is 1. The fraction of sp³-hybridized carbons (Fsp3) is 0.375. The number of ether oxygens (including phenoxy) is 1. The molecule has 0 bridgehead atoms. The number of urea groups is 1. The van der Waals surface area contributed by atoms with Crippen molar-refractivity contribution < 1.29 is 52.2 Å². The van der Waals surface area contributed by atoms with E-state index in [2.05, 4.69) is 10.3 Å². The van der Waals surface area contributed by atoms with Crippen LogP contribution in [0.2, 0.25) is 5.02 Å². The molecule has 1 aromatic heterocycles. The first-order valence-corrected chi connectivity index (χ1v) is 15.7. The van der Waals surface area contributed by atoms with Crippen LogP contribution in [0.4, 0.5) is 19.3 Å². The van der Waals surface area contributed by atoms with Gasteiger partial charge < -0.3 is 48.8 Å². The highest BCUT2D eigenvalue weighted by molar-refractivity contribution is 6.34. The summed E-state index contributed by atoms with van der Waals surface area (Å²) in [6.45, 7) is 2.84. The van der Waals surface area contributed by atoms with Crippen molar-refractivity contribution in [2.24, 2.45) is 7.05 Å². The molecule has 2 N–H and O–H groups in total. The molecule has 0 spiro atoms.